The molecule has 0 bridgehead atoms. The molecule has 0 fully saturated rings. The second-order valence-electron chi connectivity index (χ2n) is 8.66. The molecule has 1 aliphatic rings. The third-order valence-electron chi connectivity index (χ3n) is 5.97. The number of amides is 2. The number of hydrogen-bond donors (Lipinski definition) is 1. The lowest BCUT2D eigenvalue weighted by Crippen LogP contribution is -2.48. The van der Waals surface area contributed by atoms with E-state index in [1.165, 1.54) is 4.31 Å². The van der Waals surface area contributed by atoms with Crippen LogP contribution in [0.2, 0.25) is 0 Å². The molecule has 1 heterocycles. The number of carbonyl (C=O) groups excluding carboxylic acids is 2. The summed E-state index contributed by atoms with van der Waals surface area (Å²) in [6.45, 7) is 5.37. The van der Waals surface area contributed by atoms with Crippen molar-refractivity contribution in [1.82, 2.24) is 10.2 Å². The summed E-state index contributed by atoms with van der Waals surface area (Å²) in [7, 11) is -3.60. The Hall–Kier alpha value is -3.27. The molecule has 2 aromatic rings. The predicted molar refractivity (Wildman–Crippen MR) is 139 cm³/mol. The molecular weight excluding hydrogens is 482 g/mol. The summed E-state index contributed by atoms with van der Waals surface area (Å²) in [4.78, 5) is 27.3. The van der Waals surface area contributed by atoms with Gasteiger partial charge in [0.15, 0.2) is 11.5 Å². The van der Waals surface area contributed by atoms with Crippen molar-refractivity contribution in [3.05, 3.63) is 54.1 Å². The molecule has 0 saturated heterocycles. The largest absolute Gasteiger partial charge is 0.486 e. The Morgan fingerprint density at radius 3 is 2.39 bits per heavy atom. The minimum atomic E-state index is -3.60. The van der Waals surface area contributed by atoms with Crippen LogP contribution in [0.5, 0.6) is 11.5 Å². The van der Waals surface area contributed by atoms with Crippen LogP contribution in [-0.4, -0.2) is 70.3 Å². The SMILES string of the molecule is CCNC(=O)C(C)N(CCc1ccccc1)C(=O)CCCN(c1ccc2c(c1)OCCO2)S(C)(=O)=O. The minimum Gasteiger partial charge on any atom is -0.486 e. The fraction of sp³-hybridized carbons (Fsp3) is 0.462. The van der Waals surface area contributed by atoms with Crippen molar-refractivity contribution in [2.24, 2.45) is 0 Å². The van der Waals surface area contributed by atoms with Gasteiger partial charge in [0.2, 0.25) is 21.8 Å². The highest BCUT2D eigenvalue weighted by Crippen LogP contribution is 2.34. The van der Waals surface area contributed by atoms with Gasteiger partial charge in [0.1, 0.15) is 19.3 Å². The molecule has 1 unspecified atom stereocenters. The van der Waals surface area contributed by atoms with E-state index in [1.807, 2.05) is 37.3 Å². The summed E-state index contributed by atoms with van der Waals surface area (Å²) in [5.74, 6) is 0.654. The molecule has 1 N–H and O–H groups in total. The van der Waals surface area contributed by atoms with Crippen LogP contribution in [0.3, 0.4) is 0 Å². The summed E-state index contributed by atoms with van der Waals surface area (Å²) in [5, 5.41) is 2.78. The van der Waals surface area contributed by atoms with Gasteiger partial charge in [-0.15, -0.1) is 0 Å². The van der Waals surface area contributed by atoms with Crippen LogP contribution in [0.4, 0.5) is 5.69 Å². The van der Waals surface area contributed by atoms with Crippen LogP contribution in [0.25, 0.3) is 0 Å². The van der Waals surface area contributed by atoms with E-state index in [2.05, 4.69) is 5.32 Å². The predicted octanol–water partition coefficient (Wildman–Crippen LogP) is 2.60. The average molecular weight is 518 g/mol. The number of rotatable bonds is 12. The maximum Gasteiger partial charge on any atom is 0.242 e. The smallest absolute Gasteiger partial charge is 0.242 e. The summed E-state index contributed by atoms with van der Waals surface area (Å²) in [6.07, 6.45) is 2.15. The Morgan fingerprint density at radius 2 is 1.72 bits per heavy atom. The molecule has 10 heteroatoms. The van der Waals surface area contributed by atoms with Gasteiger partial charge in [-0.05, 0) is 44.4 Å². The van der Waals surface area contributed by atoms with Crippen molar-refractivity contribution in [3.63, 3.8) is 0 Å². The highest BCUT2D eigenvalue weighted by atomic mass is 32.2. The summed E-state index contributed by atoms with van der Waals surface area (Å²) >= 11 is 0. The van der Waals surface area contributed by atoms with Gasteiger partial charge in [0.25, 0.3) is 0 Å². The van der Waals surface area contributed by atoms with E-state index in [9.17, 15) is 18.0 Å². The number of nitrogens with zero attached hydrogens (tertiary/aromatic N) is 2. The number of anilines is 1. The topological polar surface area (TPSA) is 105 Å². The molecule has 1 aliphatic heterocycles. The molecule has 3 rings (SSSR count). The van der Waals surface area contributed by atoms with Crippen LogP contribution in [0.1, 0.15) is 32.3 Å². The van der Waals surface area contributed by atoms with E-state index in [1.54, 1.807) is 30.0 Å². The first-order valence-corrected chi connectivity index (χ1v) is 14.0. The fourth-order valence-electron chi connectivity index (χ4n) is 4.08. The number of sulfonamides is 1. The monoisotopic (exact) mass is 517 g/mol. The summed E-state index contributed by atoms with van der Waals surface area (Å²) < 4.78 is 37.5. The van der Waals surface area contributed by atoms with Crippen molar-refractivity contribution >= 4 is 27.5 Å². The highest BCUT2D eigenvalue weighted by Gasteiger charge is 2.26. The molecule has 2 aromatic carbocycles. The number of likely N-dealkylation sites (N-methyl/N-ethyl adjacent to an activating group) is 1. The third-order valence-corrected chi connectivity index (χ3v) is 7.16. The van der Waals surface area contributed by atoms with Crippen molar-refractivity contribution in [2.45, 2.75) is 39.2 Å². The van der Waals surface area contributed by atoms with Crippen molar-refractivity contribution in [2.75, 3.05) is 43.4 Å². The molecule has 0 aliphatic carbocycles. The van der Waals surface area contributed by atoms with Gasteiger partial charge in [-0.25, -0.2) is 8.42 Å². The lowest BCUT2D eigenvalue weighted by atomic mass is 10.1. The fourth-order valence-corrected chi connectivity index (χ4v) is 5.04. The zero-order valence-electron chi connectivity index (χ0n) is 21.1. The first-order valence-electron chi connectivity index (χ1n) is 12.2. The maximum atomic E-state index is 13.2. The molecule has 196 valence electrons. The van der Waals surface area contributed by atoms with Gasteiger partial charge in [-0.3, -0.25) is 13.9 Å². The highest BCUT2D eigenvalue weighted by molar-refractivity contribution is 7.92. The number of hydrogen-bond acceptors (Lipinski definition) is 6. The van der Waals surface area contributed by atoms with Crippen LogP contribution < -0.4 is 19.1 Å². The van der Waals surface area contributed by atoms with Gasteiger partial charge in [0.05, 0.1) is 11.9 Å². The van der Waals surface area contributed by atoms with E-state index in [0.29, 0.717) is 56.3 Å². The second-order valence-corrected chi connectivity index (χ2v) is 10.6. The van der Waals surface area contributed by atoms with Crippen LogP contribution in [-0.2, 0) is 26.0 Å². The molecule has 0 radical (unpaired) electrons. The van der Waals surface area contributed by atoms with E-state index in [-0.39, 0.29) is 24.8 Å². The Bertz CT molecular complexity index is 1140. The molecule has 0 aromatic heterocycles. The number of fused-ring (bicyclic) bond motifs is 1. The molecule has 0 saturated carbocycles. The number of nitrogens with one attached hydrogen (secondary N) is 1. The zero-order valence-corrected chi connectivity index (χ0v) is 21.9. The lowest BCUT2D eigenvalue weighted by molar-refractivity contribution is -0.139. The Balaban J connectivity index is 1.68. The van der Waals surface area contributed by atoms with Gasteiger partial charge in [-0.1, -0.05) is 30.3 Å². The Morgan fingerprint density at radius 1 is 1.03 bits per heavy atom. The first-order chi connectivity index (χ1) is 17.2. The zero-order chi connectivity index (χ0) is 26.1. The second kappa shape index (κ2) is 12.6. The quantitative estimate of drug-likeness (QED) is 0.464. The van der Waals surface area contributed by atoms with E-state index in [4.69, 9.17) is 9.47 Å². The van der Waals surface area contributed by atoms with E-state index >= 15 is 0 Å². The van der Waals surface area contributed by atoms with Gasteiger partial charge < -0.3 is 19.7 Å². The maximum absolute atomic E-state index is 13.2. The number of carbonyl (C=O) groups is 2. The van der Waals surface area contributed by atoms with Gasteiger partial charge in [0, 0.05) is 32.1 Å². The molecule has 2 amide bonds. The van der Waals surface area contributed by atoms with Crippen LogP contribution >= 0.6 is 0 Å². The summed E-state index contributed by atoms with van der Waals surface area (Å²) in [5.41, 5.74) is 1.52. The van der Waals surface area contributed by atoms with E-state index in [0.717, 1.165) is 11.8 Å². The van der Waals surface area contributed by atoms with E-state index < -0.39 is 16.1 Å². The van der Waals surface area contributed by atoms with Crippen LogP contribution in [0, 0.1) is 0 Å². The average Bonchev–Trinajstić information content (AvgIpc) is 2.86. The lowest BCUT2D eigenvalue weighted by Gasteiger charge is -2.29. The molecule has 36 heavy (non-hydrogen) atoms. The number of ether oxygens (including phenoxy) is 2. The van der Waals surface area contributed by atoms with Gasteiger partial charge >= 0.3 is 0 Å². The van der Waals surface area contributed by atoms with Gasteiger partial charge in [-0.2, -0.15) is 0 Å². The van der Waals surface area contributed by atoms with Crippen molar-refractivity contribution < 1.29 is 27.5 Å². The molecule has 0 spiro atoms. The Labute approximate surface area is 213 Å². The third kappa shape index (κ3) is 7.36. The standard InChI is InChI=1S/C26H35N3O6S/c1-4-27-26(31)20(2)28(16-14-21-9-6-5-7-10-21)25(30)11-8-15-29(36(3,32)33)22-12-13-23-24(19-22)35-18-17-34-23/h5-7,9-10,12-13,19-20H,4,8,11,14-18H2,1-3H3,(H,27,31). The normalized spacial score (nSPS) is 13.5. The van der Waals surface area contributed by atoms with Crippen molar-refractivity contribution in [3.8, 4) is 11.5 Å². The minimum absolute atomic E-state index is 0.106. The Kier molecular flexibility index (Phi) is 9.58. The molecule has 9 nitrogen and oxygen atoms in total. The molecule has 1 atom stereocenters. The molecular formula is C26H35N3O6S. The van der Waals surface area contributed by atoms with Crippen molar-refractivity contribution in [1.29, 1.82) is 0 Å². The first kappa shape index (κ1) is 27.3. The summed E-state index contributed by atoms with van der Waals surface area (Å²) in [6, 6.07) is 14.1. The van der Waals surface area contributed by atoms with Crippen LogP contribution in [0.15, 0.2) is 48.5 Å². The number of benzene rings is 2.